The summed E-state index contributed by atoms with van der Waals surface area (Å²) in [4.78, 5) is 0. The zero-order valence-electron chi connectivity index (χ0n) is 6.73. The van der Waals surface area contributed by atoms with Crippen LogP contribution >= 0.6 is 10.7 Å². The Morgan fingerprint density at radius 3 is 2.77 bits per heavy atom. The van der Waals surface area contributed by atoms with Gasteiger partial charge in [-0.25, -0.2) is 8.42 Å². The molecule has 0 aliphatic heterocycles. The van der Waals surface area contributed by atoms with Crippen molar-refractivity contribution >= 4 is 19.7 Å². The SMILES string of the molecule is CCn1ncc(C#N)c1S(=O)(=O)Cl. The average molecular weight is 220 g/mol. The Labute approximate surface area is 80.0 Å². The summed E-state index contributed by atoms with van der Waals surface area (Å²) in [6.07, 6.45) is 1.18. The van der Waals surface area contributed by atoms with Crippen molar-refractivity contribution in [1.82, 2.24) is 9.78 Å². The van der Waals surface area contributed by atoms with E-state index < -0.39 is 9.05 Å². The molecule has 7 heteroatoms. The van der Waals surface area contributed by atoms with Gasteiger partial charge in [-0.15, -0.1) is 0 Å². The summed E-state index contributed by atoms with van der Waals surface area (Å²) in [5, 5.41) is 12.0. The molecule has 0 fully saturated rings. The third-order valence-electron chi connectivity index (χ3n) is 1.44. The number of rotatable bonds is 2. The van der Waals surface area contributed by atoms with Crippen LogP contribution in [0.4, 0.5) is 0 Å². The van der Waals surface area contributed by atoms with Gasteiger partial charge >= 0.3 is 0 Å². The predicted molar refractivity (Wildman–Crippen MR) is 45.7 cm³/mol. The van der Waals surface area contributed by atoms with E-state index in [0.717, 1.165) is 0 Å². The topological polar surface area (TPSA) is 75.8 Å². The molecule has 0 amide bonds. The van der Waals surface area contributed by atoms with Gasteiger partial charge in [0.05, 0.1) is 6.20 Å². The fourth-order valence-electron chi connectivity index (χ4n) is 0.933. The van der Waals surface area contributed by atoms with E-state index in [2.05, 4.69) is 5.10 Å². The second-order valence-corrected chi connectivity index (χ2v) is 4.71. The highest BCUT2D eigenvalue weighted by atomic mass is 35.7. The standard InChI is InChI=1S/C6H6ClN3O2S/c1-2-10-6(13(7,11)12)5(3-8)4-9-10/h4H,2H2,1H3. The molecule has 13 heavy (non-hydrogen) atoms. The molecule has 0 saturated carbocycles. The van der Waals surface area contributed by atoms with Gasteiger partial charge in [0.15, 0.2) is 5.03 Å². The number of aromatic nitrogens is 2. The summed E-state index contributed by atoms with van der Waals surface area (Å²) in [5.41, 5.74) is -0.0307. The van der Waals surface area contributed by atoms with Gasteiger partial charge in [0, 0.05) is 17.2 Å². The van der Waals surface area contributed by atoms with Gasteiger partial charge in [0.1, 0.15) is 11.6 Å². The van der Waals surface area contributed by atoms with Crippen molar-refractivity contribution in [2.24, 2.45) is 0 Å². The molecule has 0 radical (unpaired) electrons. The Hall–Kier alpha value is -1.06. The maximum absolute atomic E-state index is 11.0. The minimum atomic E-state index is -3.89. The molecular formula is C6H6ClN3O2S. The average Bonchev–Trinajstić information content (AvgIpc) is 2.45. The van der Waals surface area contributed by atoms with Crippen molar-refractivity contribution < 1.29 is 8.42 Å². The summed E-state index contributed by atoms with van der Waals surface area (Å²) in [6, 6.07) is 1.71. The lowest BCUT2D eigenvalue weighted by Crippen LogP contribution is -2.06. The summed E-state index contributed by atoms with van der Waals surface area (Å²) < 4.78 is 23.2. The Bertz CT molecular complexity index is 457. The molecule has 1 aromatic rings. The van der Waals surface area contributed by atoms with E-state index in [1.165, 1.54) is 10.9 Å². The van der Waals surface area contributed by atoms with Crippen LogP contribution in [0.1, 0.15) is 12.5 Å². The molecule has 1 heterocycles. The molecule has 0 bridgehead atoms. The van der Waals surface area contributed by atoms with Gasteiger partial charge in [0.2, 0.25) is 0 Å². The lowest BCUT2D eigenvalue weighted by atomic mass is 10.4. The van der Waals surface area contributed by atoms with Crippen molar-refractivity contribution in [2.75, 3.05) is 0 Å². The second-order valence-electron chi connectivity index (χ2n) is 2.23. The zero-order valence-corrected chi connectivity index (χ0v) is 8.30. The van der Waals surface area contributed by atoms with Crippen LogP contribution in [0.2, 0.25) is 0 Å². The van der Waals surface area contributed by atoms with Crippen LogP contribution in [0.15, 0.2) is 11.2 Å². The Morgan fingerprint density at radius 2 is 2.38 bits per heavy atom. The summed E-state index contributed by atoms with van der Waals surface area (Å²) in [7, 11) is 1.23. The van der Waals surface area contributed by atoms with Crippen LogP contribution in [0, 0.1) is 11.3 Å². The van der Waals surface area contributed by atoms with Gasteiger partial charge < -0.3 is 0 Å². The van der Waals surface area contributed by atoms with E-state index >= 15 is 0 Å². The van der Waals surface area contributed by atoms with E-state index in [4.69, 9.17) is 15.9 Å². The first-order valence-electron chi connectivity index (χ1n) is 3.41. The summed E-state index contributed by atoms with van der Waals surface area (Å²) in [6.45, 7) is 2.06. The highest BCUT2D eigenvalue weighted by Crippen LogP contribution is 2.18. The minimum absolute atomic E-state index is 0.0307. The first-order valence-corrected chi connectivity index (χ1v) is 5.72. The molecular weight excluding hydrogens is 214 g/mol. The third kappa shape index (κ3) is 1.82. The maximum Gasteiger partial charge on any atom is 0.279 e. The molecule has 1 rings (SSSR count). The third-order valence-corrected chi connectivity index (χ3v) is 2.77. The molecule has 0 N–H and O–H groups in total. The fourth-order valence-corrected chi connectivity index (χ4v) is 2.21. The molecule has 0 spiro atoms. The van der Waals surface area contributed by atoms with Gasteiger partial charge in [-0.2, -0.15) is 10.4 Å². The van der Waals surface area contributed by atoms with Crippen LogP contribution < -0.4 is 0 Å². The van der Waals surface area contributed by atoms with Crippen molar-refractivity contribution in [1.29, 1.82) is 5.26 Å². The molecule has 0 atom stereocenters. The normalized spacial score (nSPS) is 11.2. The summed E-state index contributed by atoms with van der Waals surface area (Å²) in [5.74, 6) is 0. The van der Waals surface area contributed by atoms with Crippen LogP contribution in [0.25, 0.3) is 0 Å². The van der Waals surface area contributed by atoms with Crippen molar-refractivity contribution in [2.45, 2.75) is 18.5 Å². The van der Waals surface area contributed by atoms with Crippen molar-refractivity contribution in [3.05, 3.63) is 11.8 Å². The van der Waals surface area contributed by atoms with E-state index in [1.807, 2.05) is 0 Å². The highest BCUT2D eigenvalue weighted by molar-refractivity contribution is 8.13. The molecule has 0 aromatic carbocycles. The first kappa shape index (κ1) is 10.0. The molecule has 0 aliphatic carbocycles. The molecule has 0 saturated heterocycles. The minimum Gasteiger partial charge on any atom is -0.252 e. The number of hydrogen-bond acceptors (Lipinski definition) is 4. The number of halogens is 1. The predicted octanol–water partition coefficient (Wildman–Crippen LogP) is 0.702. The number of hydrogen-bond donors (Lipinski definition) is 0. The molecule has 1 aromatic heterocycles. The van der Waals surface area contributed by atoms with E-state index in [-0.39, 0.29) is 10.6 Å². The lowest BCUT2D eigenvalue weighted by molar-refractivity contribution is 0.563. The molecule has 0 aliphatic rings. The van der Waals surface area contributed by atoms with Crippen molar-refractivity contribution in [3.63, 3.8) is 0 Å². The van der Waals surface area contributed by atoms with Gasteiger partial charge in [-0.1, -0.05) is 0 Å². The summed E-state index contributed by atoms with van der Waals surface area (Å²) >= 11 is 0. The highest BCUT2D eigenvalue weighted by Gasteiger charge is 2.21. The first-order chi connectivity index (χ1) is 6.00. The smallest absolute Gasteiger partial charge is 0.252 e. The van der Waals surface area contributed by atoms with Crippen LogP contribution in [0.5, 0.6) is 0 Å². The van der Waals surface area contributed by atoms with Crippen LogP contribution in [0.3, 0.4) is 0 Å². The largest absolute Gasteiger partial charge is 0.279 e. The van der Waals surface area contributed by atoms with E-state index in [1.54, 1.807) is 13.0 Å². The molecule has 70 valence electrons. The van der Waals surface area contributed by atoms with E-state index in [0.29, 0.717) is 6.54 Å². The van der Waals surface area contributed by atoms with E-state index in [9.17, 15) is 8.42 Å². The number of nitriles is 1. The second kappa shape index (κ2) is 3.36. The Balaban J connectivity index is 3.49. The number of aryl methyl sites for hydroxylation is 1. The monoisotopic (exact) mass is 219 g/mol. The fraction of sp³-hybridized carbons (Fsp3) is 0.333. The van der Waals surface area contributed by atoms with Gasteiger partial charge in [-0.05, 0) is 6.92 Å². The van der Waals surface area contributed by atoms with Crippen LogP contribution in [-0.4, -0.2) is 18.2 Å². The molecule has 0 unspecified atom stereocenters. The lowest BCUT2D eigenvalue weighted by Gasteiger charge is -1.99. The Kier molecular flexibility index (Phi) is 2.59. The zero-order chi connectivity index (χ0) is 10.1. The number of nitrogens with zero attached hydrogens (tertiary/aromatic N) is 3. The Morgan fingerprint density at radius 1 is 1.77 bits per heavy atom. The maximum atomic E-state index is 11.0. The van der Waals surface area contributed by atoms with Crippen LogP contribution in [-0.2, 0) is 15.6 Å². The van der Waals surface area contributed by atoms with Gasteiger partial charge in [-0.3, -0.25) is 4.68 Å². The van der Waals surface area contributed by atoms with Crippen molar-refractivity contribution in [3.8, 4) is 6.07 Å². The quantitative estimate of drug-likeness (QED) is 0.687. The van der Waals surface area contributed by atoms with Gasteiger partial charge in [0.25, 0.3) is 9.05 Å². The molecule has 5 nitrogen and oxygen atoms in total.